The van der Waals surface area contributed by atoms with Crippen LogP contribution in [0, 0.1) is 0 Å². The van der Waals surface area contributed by atoms with Gasteiger partial charge < -0.3 is 16.9 Å². The van der Waals surface area contributed by atoms with E-state index in [1.165, 1.54) is 30.7 Å². The number of hydrogen-bond donors (Lipinski definition) is 0. The van der Waals surface area contributed by atoms with Gasteiger partial charge in [-0.3, -0.25) is 0 Å². The molecule has 0 aliphatic carbocycles. The predicted molar refractivity (Wildman–Crippen MR) is 54.1 cm³/mol. The van der Waals surface area contributed by atoms with Gasteiger partial charge in [0, 0.05) is 21.7 Å². The van der Waals surface area contributed by atoms with E-state index < -0.39 is 0 Å². The van der Waals surface area contributed by atoms with Crippen molar-refractivity contribution in [2.24, 2.45) is 0 Å². The first-order valence-corrected chi connectivity index (χ1v) is 5.38. The lowest BCUT2D eigenvalue weighted by Gasteiger charge is -2.34. The molecule has 78 valence electrons. The standard InChI is InChI=1S/C8H20N.Cl2.ClH/c1-5-9(6-2,7-3)8-4;1-2;/h5-8H2,1-4H3;;1H/q+1;;/p-1. The van der Waals surface area contributed by atoms with E-state index >= 15 is 0 Å². The lowest BCUT2D eigenvalue weighted by Crippen LogP contribution is -3.00. The van der Waals surface area contributed by atoms with E-state index in [-0.39, 0.29) is 12.4 Å². The third-order valence-electron chi connectivity index (χ3n) is 2.68. The molecule has 0 aromatic heterocycles. The summed E-state index contributed by atoms with van der Waals surface area (Å²) in [6.07, 6.45) is 0. The fourth-order valence-electron chi connectivity index (χ4n) is 1.34. The van der Waals surface area contributed by atoms with Gasteiger partial charge in [-0.15, -0.1) is 0 Å². The summed E-state index contributed by atoms with van der Waals surface area (Å²) in [6.45, 7) is 14.2. The molecule has 0 aliphatic heterocycles. The van der Waals surface area contributed by atoms with Gasteiger partial charge in [0.25, 0.3) is 0 Å². The molecular weight excluding hydrogens is 216 g/mol. The molecule has 0 aromatic rings. The van der Waals surface area contributed by atoms with Gasteiger partial charge in [0.15, 0.2) is 0 Å². The second-order valence-electron chi connectivity index (χ2n) is 2.61. The van der Waals surface area contributed by atoms with Crippen molar-refractivity contribution >= 4 is 21.7 Å². The van der Waals surface area contributed by atoms with Gasteiger partial charge in [0.1, 0.15) is 0 Å². The van der Waals surface area contributed by atoms with Gasteiger partial charge in [-0.2, -0.15) is 0 Å². The van der Waals surface area contributed by atoms with E-state index in [1.54, 1.807) is 0 Å². The molecule has 4 heteroatoms. The summed E-state index contributed by atoms with van der Waals surface area (Å²) in [5, 5.41) is 0. The van der Waals surface area contributed by atoms with Crippen molar-refractivity contribution in [2.45, 2.75) is 27.7 Å². The Labute approximate surface area is 92.6 Å². The second-order valence-corrected chi connectivity index (χ2v) is 2.61. The van der Waals surface area contributed by atoms with Gasteiger partial charge >= 0.3 is 0 Å². The van der Waals surface area contributed by atoms with Crippen LogP contribution < -0.4 is 12.4 Å². The van der Waals surface area contributed by atoms with E-state index in [2.05, 4.69) is 49.4 Å². The smallest absolute Gasteiger partial charge is 0.0757 e. The highest BCUT2D eigenvalue weighted by Gasteiger charge is 2.16. The van der Waals surface area contributed by atoms with Gasteiger partial charge in [-0.25, -0.2) is 0 Å². The first kappa shape index (κ1) is 18.6. The summed E-state index contributed by atoms with van der Waals surface area (Å²) >= 11 is 0. The minimum absolute atomic E-state index is 0. The van der Waals surface area contributed by atoms with Crippen molar-refractivity contribution in [2.75, 3.05) is 26.2 Å². The lowest BCUT2D eigenvalue weighted by molar-refractivity contribution is -0.921. The Morgan fingerprint density at radius 3 is 0.917 bits per heavy atom. The number of quaternary nitrogens is 1. The molecule has 0 saturated heterocycles. The van der Waals surface area contributed by atoms with Crippen LogP contribution in [0.5, 0.6) is 0 Å². The Morgan fingerprint density at radius 1 is 0.750 bits per heavy atom. The average molecular weight is 237 g/mol. The number of hydrogen-bond acceptors (Lipinski definition) is 0. The van der Waals surface area contributed by atoms with E-state index in [0.717, 1.165) is 0 Å². The zero-order valence-electron chi connectivity index (χ0n) is 8.41. The van der Waals surface area contributed by atoms with Gasteiger partial charge in [-0.05, 0) is 27.7 Å². The van der Waals surface area contributed by atoms with Crippen molar-refractivity contribution in [3.05, 3.63) is 0 Å². The largest absolute Gasteiger partial charge is 1.00 e. The fraction of sp³-hybridized carbons (Fsp3) is 1.00. The Bertz CT molecular complexity index is 57.2. The molecule has 0 amide bonds. The third kappa shape index (κ3) is 6.36. The van der Waals surface area contributed by atoms with Gasteiger partial charge in [0.2, 0.25) is 0 Å². The van der Waals surface area contributed by atoms with Gasteiger partial charge in [-0.1, -0.05) is 0 Å². The van der Waals surface area contributed by atoms with Gasteiger partial charge in [0.05, 0.1) is 26.2 Å². The molecule has 0 bridgehead atoms. The highest BCUT2D eigenvalue weighted by molar-refractivity contribution is 6.85. The minimum Gasteiger partial charge on any atom is -1.00 e. The summed E-state index contributed by atoms with van der Waals surface area (Å²) in [5.41, 5.74) is 0. The lowest BCUT2D eigenvalue weighted by atomic mass is 10.3. The Hall–Kier alpha value is 0.830. The van der Waals surface area contributed by atoms with Crippen molar-refractivity contribution in [3.8, 4) is 0 Å². The Balaban J connectivity index is -0.000000249. The minimum atomic E-state index is 0. The molecule has 0 aromatic carbocycles. The van der Waals surface area contributed by atoms with Crippen LogP contribution in [0.25, 0.3) is 0 Å². The van der Waals surface area contributed by atoms with Crippen molar-refractivity contribution in [1.29, 1.82) is 0 Å². The van der Waals surface area contributed by atoms with Crippen LogP contribution in [0.2, 0.25) is 0 Å². The van der Waals surface area contributed by atoms with E-state index in [9.17, 15) is 0 Å². The first-order valence-electron chi connectivity index (χ1n) is 4.24. The molecule has 0 rings (SSSR count). The molecule has 0 fully saturated rings. The maximum absolute atomic E-state index is 4.11. The zero-order chi connectivity index (χ0) is 9.33. The highest BCUT2D eigenvalue weighted by Crippen LogP contribution is 2.03. The normalized spacial score (nSPS) is 9.50. The van der Waals surface area contributed by atoms with Crippen LogP contribution in [-0.4, -0.2) is 30.7 Å². The SMILES string of the molecule is CC[N+](CC)(CC)CC.ClCl.[Cl-]. The fourth-order valence-corrected chi connectivity index (χ4v) is 1.34. The first-order chi connectivity index (χ1) is 5.24. The maximum Gasteiger partial charge on any atom is 0.0757 e. The molecule has 0 saturated carbocycles. The quantitative estimate of drug-likeness (QED) is 0.615. The molecule has 0 unspecified atom stereocenters. The molecule has 0 heterocycles. The van der Waals surface area contributed by atoms with Crippen LogP contribution in [0.3, 0.4) is 0 Å². The summed E-state index contributed by atoms with van der Waals surface area (Å²) in [7, 11) is 8.22. The molecule has 0 radical (unpaired) electrons. The van der Waals surface area contributed by atoms with Crippen molar-refractivity contribution < 1.29 is 16.9 Å². The molecule has 12 heavy (non-hydrogen) atoms. The summed E-state index contributed by atoms with van der Waals surface area (Å²) in [6, 6.07) is 0. The maximum atomic E-state index is 4.11. The van der Waals surface area contributed by atoms with E-state index in [4.69, 9.17) is 0 Å². The molecule has 0 atom stereocenters. The Morgan fingerprint density at radius 2 is 0.917 bits per heavy atom. The van der Waals surface area contributed by atoms with Crippen LogP contribution in [0.15, 0.2) is 0 Å². The molecule has 0 spiro atoms. The molecule has 1 nitrogen and oxygen atoms in total. The molecule has 0 N–H and O–H groups in total. The molecule has 0 aliphatic rings. The third-order valence-corrected chi connectivity index (χ3v) is 2.68. The summed E-state index contributed by atoms with van der Waals surface area (Å²) in [5.74, 6) is 0. The van der Waals surface area contributed by atoms with E-state index in [0.29, 0.717) is 0 Å². The van der Waals surface area contributed by atoms with Crippen LogP contribution in [-0.2, 0) is 0 Å². The monoisotopic (exact) mass is 235 g/mol. The van der Waals surface area contributed by atoms with Crippen molar-refractivity contribution in [3.63, 3.8) is 0 Å². The highest BCUT2D eigenvalue weighted by atomic mass is 36.5. The second kappa shape index (κ2) is 11.8. The zero-order valence-corrected chi connectivity index (χ0v) is 10.7. The average Bonchev–Trinajstić information content (AvgIpc) is 2.13. The number of nitrogens with zero attached hydrogens (tertiary/aromatic N) is 1. The van der Waals surface area contributed by atoms with Crippen molar-refractivity contribution in [1.82, 2.24) is 0 Å². The summed E-state index contributed by atoms with van der Waals surface area (Å²) in [4.78, 5) is 0. The number of halogens is 3. The topological polar surface area (TPSA) is 0 Å². The van der Waals surface area contributed by atoms with Crippen LogP contribution in [0.4, 0.5) is 0 Å². The van der Waals surface area contributed by atoms with Crippen LogP contribution in [0.1, 0.15) is 27.7 Å². The van der Waals surface area contributed by atoms with Crippen LogP contribution >= 0.6 is 21.7 Å². The summed E-state index contributed by atoms with van der Waals surface area (Å²) < 4.78 is 1.28. The Kier molecular flexibility index (Phi) is 18.3. The number of rotatable bonds is 4. The molecular formula is C8H20Cl3N. The predicted octanol–water partition coefficient (Wildman–Crippen LogP) is 0.266. The van der Waals surface area contributed by atoms with E-state index in [1.807, 2.05) is 0 Å².